The third-order valence-electron chi connectivity index (χ3n) is 3.66. The Morgan fingerprint density at radius 2 is 1.64 bits per heavy atom. The molecule has 0 aliphatic carbocycles. The molecule has 2 rings (SSSR count). The van der Waals surface area contributed by atoms with Gasteiger partial charge in [0.25, 0.3) is 0 Å². The van der Waals surface area contributed by atoms with Gasteiger partial charge in [0.2, 0.25) is 26.0 Å². The van der Waals surface area contributed by atoms with Crippen LogP contribution in [0, 0.1) is 5.82 Å². The van der Waals surface area contributed by atoms with E-state index >= 15 is 0 Å². The minimum atomic E-state index is -3.86. The number of hydrogen-bond donors (Lipinski definition) is 2. The number of carbonyl (C=O) groups excluding carboxylic acids is 1. The summed E-state index contributed by atoms with van der Waals surface area (Å²) in [6, 6.07) is 10.0. The van der Waals surface area contributed by atoms with Crippen LogP contribution in [0.25, 0.3) is 0 Å². The molecule has 0 heterocycles. The third kappa shape index (κ3) is 5.58. The SMILES string of the molecule is CN(C)S(=O)(=O)c1cccc(NC(=O)CCNS(=O)(=O)c2ccc(F)cc2)c1. The Morgan fingerprint density at radius 1 is 1.00 bits per heavy atom. The Hall–Kier alpha value is -2.34. The monoisotopic (exact) mass is 429 g/mol. The fourth-order valence-electron chi connectivity index (χ4n) is 2.16. The molecule has 8 nitrogen and oxygen atoms in total. The van der Waals surface area contributed by atoms with Crippen LogP contribution in [0.3, 0.4) is 0 Å². The van der Waals surface area contributed by atoms with Crippen LogP contribution in [-0.2, 0) is 24.8 Å². The maximum Gasteiger partial charge on any atom is 0.242 e. The Balaban J connectivity index is 1.95. The third-order valence-corrected chi connectivity index (χ3v) is 6.95. The first-order chi connectivity index (χ1) is 13.0. The van der Waals surface area contributed by atoms with E-state index in [0.717, 1.165) is 28.6 Å². The second-order valence-electron chi connectivity index (χ2n) is 5.97. The summed E-state index contributed by atoms with van der Waals surface area (Å²) in [6.45, 7) is -0.179. The van der Waals surface area contributed by atoms with E-state index in [0.29, 0.717) is 0 Å². The van der Waals surface area contributed by atoms with E-state index in [4.69, 9.17) is 0 Å². The number of hydrogen-bond acceptors (Lipinski definition) is 5. The zero-order chi connectivity index (χ0) is 20.9. The Kier molecular flexibility index (Phi) is 6.88. The number of amides is 1. The quantitative estimate of drug-likeness (QED) is 0.658. The fourth-order valence-corrected chi connectivity index (χ4v) is 4.14. The van der Waals surface area contributed by atoms with Crippen molar-refractivity contribution in [2.24, 2.45) is 0 Å². The van der Waals surface area contributed by atoms with Crippen LogP contribution in [0.1, 0.15) is 6.42 Å². The number of anilines is 1. The number of halogens is 1. The number of carbonyl (C=O) groups is 1. The highest BCUT2D eigenvalue weighted by Crippen LogP contribution is 2.18. The van der Waals surface area contributed by atoms with E-state index in [9.17, 15) is 26.0 Å². The van der Waals surface area contributed by atoms with Crippen molar-refractivity contribution in [1.29, 1.82) is 0 Å². The van der Waals surface area contributed by atoms with Gasteiger partial charge >= 0.3 is 0 Å². The summed E-state index contributed by atoms with van der Waals surface area (Å²) in [5.74, 6) is -1.06. The molecule has 0 aromatic heterocycles. The average molecular weight is 429 g/mol. The van der Waals surface area contributed by atoms with Gasteiger partial charge in [-0.05, 0) is 42.5 Å². The summed E-state index contributed by atoms with van der Waals surface area (Å²) < 4.78 is 64.6. The molecule has 152 valence electrons. The molecule has 0 aliphatic rings. The summed E-state index contributed by atoms with van der Waals surface area (Å²) in [7, 11) is -4.71. The van der Waals surface area contributed by atoms with E-state index in [1.807, 2.05) is 0 Å². The van der Waals surface area contributed by atoms with Crippen LogP contribution in [0.15, 0.2) is 58.3 Å². The second kappa shape index (κ2) is 8.78. The lowest BCUT2D eigenvalue weighted by atomic mass is 10.3. The summed E-state index contributed by atoms with van der Waals surface area (Å²) >= 11 is 0. The summed E-state index contributed by atoms with van der Waals surface area (Å²) in [5.41, 5.74) is 0.273. The first kappa shape index (κ1) is 22.0. The molecule has 28 heavy (non-hydrogen) atoms. The van der Waals surface area contributed by atoms with Crippen molar-refractivity contribution in [1.82, 2.24) is 9.03 Å². The molecule has 1 amide bonds. The maximum atomic E-state index is 12.9. The number of nitrogens with zero attached hydrogens (tertiary/aromatic N) is 1. The maximum absolute atomic E-state index is 12.9. The molecule has 2 aromatic rings. The van der Waals surface area contributed by atoms with E-state index in [2.05, 4.69) is 10.0 Å². The highest BCUT2D eigenvalue weighted by atomic mass is 32.2. The van der Waals surface area contributed by atoms with Gasteiger partial charge in [0, 0.05) is 32.7 Å². The topological polar surface area (TPSA) is 113 Å². The van der Waals surface area contributed by atoms with Crippen LogP contribution in [0.4, 0.5) is 10.1 Å². The van der Waals surface area contributed by atoms with Gasteiger partial charge in [-0.25, -0.2) is 30.3 Å². The lowest BCUT2D eigenvalue weighted by Crippen LogP contribution is -2.28. The Bertz CT molecular complexity index is 1050. The number of nitrogens with one attached hydrogen (secondary N) is 2. The molecule has 0 unspecified atom stereocenters. The van der Waals surface area contributed by atoms with Crippen LogP contribution >= 0.6 is 0 Å². The van der Waals surface area contributed by atoms with Gasteiger partial charge in [0.1, 0.15) is 5.82 Å². The molecule has 0 aliphatic heterocycles. The molecule has 0 atom stereocenters. The number of rotatable bonds is 8. The van der Waals surface area contributed by atoms with Gasteiger partial charge in [-0.1, -0.05) is 6.07 Å². The van der Waals surface area contributed by atoms with Crippen molar-refractivity contribution in [3.8, 4) is 0 Å². The Morgan fingerprint density at radius 3 is 2.25 bits per heavy atom. The molecule has 0 bridgehead atoms. The van der Waals surface area contributed by atoms with Crippen LogP contribution in [0.2, 0.25) is 0 Å². The zero-order valence-electron chi connectivity index (χ0n) is 15.2. The van der Waals surface area contributed by atoms with Crippen LogP contribution in [0.5, 0.6) is 0 Å². The largest absolute Gasteiger partial charge is 0.326 e. The highest BCUT2D eigenvalue weighted by molar-refractivity contribution is 7.89. The van der Waals surface area contributed by atoms with Gasteiger partial charge in [-0.3, -0.25) is 4.79 Å². The Labute approximate surface area is 163 Å². The first-order valence-electron chi connectivity index (χ1n) is 8.10. The van der Waals surface area contributed by atoms with E-state index in [1.54, 1.807) is 0 Å². The molecule has 0 saturated carbocycles. The highest BCUT2D eigenvalue weighted by Gasteiger charge is 2.18. The standard InChI is InChI=1S/C17H20FN3O5S2/c1-21(2)28(25,26)16-5-3-4-14(12-16)20-17(22)10-11-19-27(23,24)15-8-6-13(18)7-9-15/h3-9,12,19H,10-11H2,1-2H3,(H,20,22). The van der Waals surface area contributed by atoms with Crippen molar-refractivity contribution in [3.63, 3.8) is 0 Å². The molecular weight excluding hydrogens is 409 g/mol. The first-order valence-corrected chi connectivity index (χ1v) is 11.0. The predicted octanol–water partition coefficient (Wildman–Crippen LogP) is 1.38. The summed E-state index contributed by atoms with van der Waals surface area (Å²) in [4.78, 5) is 11.9. The fraction of sp³-hybridized carbons (Fsp3) is 0.235. The van der Waals surface area contributed by atoms with Gasteiger partial charge in [-0.15, -0.1) is 0 Å². The molecule has 2 aromatic carbocycles. The van der Waals surface area contributed by atoms with Crippen molar-refractivity contribution >= 4 is 31.6 Å². The molecule has 0 fully saturated rings. The van der Waals surface area contributed by atoms with Gasteiger partial charge in [0.05, 0.1) is 9.79 Å². The smallest absolute Gasteiger partial charge is 0.242 e. The molecule has 0 spiro atoms. The van der Waals surface area contributed by atoms with E-state index < -0.39 is 31.8 Å². The average Bonchev–Trinajstić information content (AvgIpc) is 2.62. The zero-order valence-corrected chi connectivity index (χ0v) is 16.8. The molecule has 11 heteroatoms. The van der Waals surface area contributed by atoms with Crippen LogP contribution in [-0.4, -0.2) is 47.7 Å². The summed E-state index contributed by atoms with van der Waals surface area (Å²) in [5, 5.41) is 2.52. The van der Waals surface area contributed by atoms with Crippen molar-refractivity contribution < 1.29 is 26.0 Å². The van der Waals surface area contributed by atoms with Crippen molar-refractivity contribution in [2.75, 3.05) is 26.0 Å². The lowest BCUT2D eigenvalue weighted by Gasteiger charge is -2.13. The predicted molar refractivity (Wildman–Crippen MR) is 102 cm³/mol. The molecule has 0 saturated heterocycles. The molecule has 0 radical (unpaired) electrons. The molecular formula is C17H20FN3O5S2. The van der Waals surface area contributed by atoms with Crippen LogP contribution < -0.4 is 10.0 Å². The van der Waals surface area contributed by atoms with Crippen molar-refractivity contribution in [2.45, 2.75) is 16.2 Å². The van der Waals surface area contributed by atoms with Gasteiger partial charge in [-0.2, -0.15) is 0 Å². The van der Waals surface area contributed by atoms with Gasteiger partial charge < -0.3 is 5.32 Å². The van der Waals surface area contributed by atoms with Crippen molar-refractivity contribution in [3.05, 3.63) is 54.3 Å². The second-order valence-corrected chi connectivity index (χ2v) is 9.88. The number of benzene rings is 2. The van der Waals surface area contributed by atoms with E-state index in [1.165, 1.54) is 38.4 Å². The molecule has 2 N–H and O–H groups in total. The van der Waals surface area contributed by atoms with Gasteiger partial charge in [0.15, 0.2) is 0 Å². The minimum absolute atomic E-state index is 0.0207. The minimum Gasteiger partial charge on any atom is -0.326 e. The summed E-state index contributed by atoms with van der Waals surface area (Å²) in [6.07, 6.45) is -0.176. The number of sulfonamides is 2. The lowest BCUT2D eigenvalue weighted by molar-refractivity contribution is -0.116. The van der Waals surface area contributed by atoms with E-state index in [-0.39, 0.29) is 28.4 Å². The normalized spacial score (nSPS) is 12.1.